The number of aliphatic hydroxyl groups excluding tert-OH is 3. The molecule has 1 rings (SSSR count). The van der Waals surface area contributed by atoms with Crippen LogP contribution in [0.25, 0.3) is 0 Å². The summed E-state index contributed by atoms with van der Waals surface area (Å²) < 4.78 is 0. The highest BCUT2D eigenvalue weighted by atomic mass is 16.3. The van der Waals surface area contributed by atoms with E-state index in [-0.39, 0.29) is 19.8 Å². The van der Waals surface area contributed by atoms with E-state index in [1.165, 1.54) is 0 Å². The number of anilines is 3. The molecule has 0 spiro atoms. The average molecular weight is 300 g/mol. The van der Waals surface area contributed by atoms with Crippen LogP contribution in [0, 0.1) is 0 Å². The highest BCUT2D eigenvalue weighted by molar-refractivity contribution is 5.45. The quantitative estimate of drug-likeness (QED) is 0.484. The lowest BCUT2D eigenvalue weighted by molar-refractivity contribution is 0.302. The Labute approximate surface area is 124 Å². The fourth-order valence-corrected chi connectivity index (χ4v) is 1.61. The summed E-state index contributed by atoms with van der Waals surface area (Å²) in [7, 11) is 5.32. The Morgan fingerprint density at radius 1 is 0.619 bits per heavy atom. The molecule has 0 amide bonds. The number of hydrogen-bond acceptors (Lipinski definition) is 9. The molecule has 9 nitrogen and oxygen atoms in total. The van der Waals surface area contributed by atoms with Gasteiger partial charge in [-0.2, -0.15) is 15.0 Å². The molecular formula is C12H24N6O3. The van der Waals surface area contributed by atoms with E-state index in [9.17, 15) is 0 Å². The van der Waals surface area contributed by atoms with Crippen molar-refractivity contribution in [3.8, 4) is 0 Å². The van der Waals surface area contributed by atoms with E-state index in [4.69, 9.17) is 15.3 Å². The van der Waals surface area contributed by atoms with Gasteiger partial charge in [-0.15, -0.1) is 0 Å². The van der Waals surface area contributed by atoms with Gasteiger partial charge in [-0.1, -0.05) is 0 Å². The van der Waals surface area contributed by atoms with Crippen LogP contribution in [0.5, 0.6) is 0 Å². The van der Waals surface area contributed by atoms with E-state index in [1.54, 1.807) is 35.8 Å². The third-order valence-corrected chi connectivity index (χ3v) is 2.93. The van der Waals surface area contributed by atoms with E-state index >= 15 is 0 Å². The Hall–Kier alpha value is -1.71. The van der Waals surface area contributed by atoms with Gasteiger partial charge in [0.2, 0.25) is 17.8 Å². The largest absolute Gasteiger partial charge is 0.395 e. The zero-order valence-corrected chi connectivity index (χ0v) is 12.8. The lowest BCUT2D eigenvalue weighted by Crippen LogP contribution is -2.30. The molecule has 21 heavy (non-hydrogen) atoms. The van der Waals surface area contributed by atoms with E-state index in [1.807, 2.05) is 0 Å². The summed E-state index contributed by atoms with van der Waals surface area (Å²) >= 11 is 0. The Balaban J connectivity index is 3.12. The number of aromatic nitrogens is 3. The maximum atomic E-state index is 9.02. The van der Waals surface area contributed by atoms with Crippen LogP contribution in [0.1, 0.15) is 0 Å². The van der Waals surface area contributed by atoms with Crippen LogP contribution in [-0.2, 0) is 0 Å². The van der Waals surface area contributed by atoms with Crippen LogP contribution >= 0.6 is 0 Å². The standard InChI is InChI=1S/C12H24N6O3/c1-16(4-7-19)10-13-11(17(2)5-8-20)15-12(14-10)18(3)6-9-21/h19-21H,4-9H2,1-3H3. The smallest absolute Gasteiger partial charge is 0.231 e. The van der Waals surface area contributed by atoms with Gasteiger partial charge >= 0.3 is 0 Å². The average Bonchev–Trinajstić information content (AvgIpc) is 2.47. The van der Waals surface area contributed by atoms with E-state index in [0.717, 1.165) is 0 Å². The second-order valence-corrected chi connectivity index (χ2v) is 4.67. The Kier molecular flexibility index (Phi) is 7.06. The first-order valence-electron chi connectivity index (χ1n) is 6.75. The van der Waals surface area contributed by atoms with Crippen molar-refractivity contribution in [3.63, 3.8) is 0 Å². The molecular weight excluding hydrogens is 276 g/mol. The van der Waals surface area contributed by atoms with Gasteiger partial charge in [-0.05, 0) is 0 Å². The minimum Gasteiger partial charge on any atom is -0.395 e. The highest BCUT2D eigenvalue weighted by Crippen LogP contribution is 2.16. The molecule has 0 bridgehead atoms. The van der Waals surface area contributed by atoms with Gasteiger partial charge in [-0.3, -0.25) is 0 Å². The molecule has 0 unspecified atom stereocenters. The van der Waals surface area contributed by atoms with Crippen molar-refractivity contribution < 1.29 is 15.3 Å². The lowest BCUT2D eigenvalue weighted by Gasteiger charge is -2.23. The Morgan fingerprint density at radius 3 is 1.05 bits per heavy atom. The Morgan fingerprint density at radius 2 is 0.857 bits per heavy atom. The molecule has 1 heterocycles. The number of aliphatic hydroxyl groups is 3. The topological polar surface area (TPSA) is 109 Å². The van der Waals surface area contributed by atoms with Crippen molar-refractivity contribution in [2.45, 2.75) is 0 Å². The third-order valence-electron chi connectivity index (χ3n) is 2.93. The lowest BCUT2D eigenvalue weighted by atomic mass is 10.5. The van der Waals surface area contributed by atoms with Gasteiger partial charge in [0.25, 0.3) is 0 Å². The van der Waals surface area contributed by atoms with Crippen LogP contribution in [0.4, 0.5) is 17.8 Å². The van der Waals surface area contributed by atoms with Crippen molar-refractivity contribution in [3.05, 3.63) is 0 Å². The van der Waals surface area contributed by atoms with Crippen LogP contribution in [-0.4, -0.2) is 90.9 Å². The molecule has 0 aliphatic rings. The maximum absolute atomic E-state index is 9.02. The monoisotopic (exact) mass is 300 g/mol. The van der Waals surface area contributed by atoms with Crippen molar-refractivity contribution in [1.29, 1.82) is 0 Å². The molecule has 1 aromatic rings. The SMILES string of the molecule is CN(CCO)c1nc(N(C)CCO)nc(N(C)CCO)n1. The molecule has 9 heteroatoms. The summed E-state index contributed by atoms with van der Waals surface area (Å²) in [6.07, 6.45) is 0. The first-order chi connectivity index (χ1) is 10.0. The van der Waals surface area contributed by atoms with Gasteiger partial charge in [0.1, 0.15) is 0 Å². The van der Waals surface area contributed by atoms with Gasteiger partial charge in [0.15, 0.2) is 0 Å². The third kappa shape index (κ3) is 4.96. The number of rotatable bonds is 9. The second kappa shape index (κ2) is 8.55. The summed E-state index contributed by atoms with van der Waals surface area (Å²) in [5.74, 6) is 1.29. The van der Waals surface area contributed by atoms with E-state index < -0.39 is 0 Å². The molecule has 0 atom stereocenters. The highest BCUT2D eigenvalue weighted by Gasteiger charge is 2.15. The van der Waals surface area contributed by atoms with Gasteiger partial charge < -0.3 is 30.0 Å². The maximum Gasteiger partial charge on any atom is 0.231 e. The zero-order valence-electron chi connectivity index (χ0n) is 12.8. The fourth-order valence-electron chi connectivity index (χ4n) is 1.61. The van der Waals surface area contributed by atoms with E-state index in [0.29, 0.717) is 37.5 Å². The fraction of sp³-hybridized carbons (Fsp3) is 0.750. The molecule has 0 aliphatic carbocycles. The normalized spacial score (nSPS) is 10.6. The van der Waals surface area contributed by atoms with Crippen LogP contribution < -0.4 is 14.7 Å². The number of nitrogens with zero attached hydrogens (tertiary/aromatic N) is 6. The van der Waals surface area contributed by atoms with E-state index in [2.05, 4.69) is 15.0 Å². The Bertz CT molecular complexity index is 359. The zero-order chi connectivity index (χ0) is 15.8. The summed E-state index contributed by atoms with van der Waals surface area (Å²) in [6, 6.07) is 0. The molecule has 1 aromatic heterocycles. The van der Waals surface area contributed by atoms with Gasteiger partial charge in [0.05, 0.1) is 19.8 Å². The van der Waals surface area contributed by atoms with Gasteiger partial charge in [-0.25, -0.2) is 0 Å². The molecule has 0 saturated heterocycles. The van der Waals surface area contributed by atoms with Crippen molar-refractivity contribution >= 4 is 17.8 Å². The molecule has 3 N–H and O–H groups in total. The first kappa shape index (κ1) is 17.3. The minimum atomic E-state index is -0.00813. The summed E-state index contributed by atoms with van der Waals surface area (Å²) in [5, 5.41) is 27.1. The number of hydrogen-bond donors (Lipinski definition) is 3. The number of likely N-dealkylation sites (N-methyl/N-ethyl adjacent to an activating group) is 3. The first-order valence-corrected chi connectivity index (χ1v) is 6.75. The van der Waals surface area contributed by atoms with Crippen molar-refractivity contribution in [2.24, 2.45) is 0 Å². The predicted octanol–water partition coefficient (Wildman–Crippen LogP) is -1.84. The molecule has 0 aliphatic heterocycles. The predicted molar refractivity (Wildman–Crippen MR) is 80.9 cm³/mol. The van der Waals surface area contributed by atoms with Gasteiger partial charge in [0, 0.05) is 40.8 Å². The molecule has 0 aromatic carbocycles. The van der Waals surface area contributed by atoms with Crippen molar-refractivity contribution in [2.75, 3.05) is 75.3 Å². The van der Waals surface area contributed by atoms with Crippen LogP contribution in [0.3, 0.4) is 0 Å². The second-order valence-electron chi connectivity index (χ2n) is 4.67. The minimum absolute atomic E-state index is 0.00813. The van der Waals surface area contributed by atoms with Crippen LogP contribution in [0.15, 0.2) is 0 Å². The summed E-state index contributed by atoms with van der Waals surface area (Å²) in [5.41, 5.74) is 0. The summed E-state index contributed by atoms with van der Waals surface area (Å²) in [4.78, 5) is 18.1. The summed E-state index contributed by atoms with van der Waals surface area (Å²) in [6.45, 7) is 1.17. The van der Waals surface area contributed by atoms with Crippen molar-refractivity contribution in [1.82, 2.24) is 15.0 Å². The van der Waals surface area contributed by atoms with Crippen LogP contribution in [0.2, 0.25) is 0 Å². The molecule has 0 radical (unpaired) electrons. The molecule has 0 fully saturated rings. The molecule has 120 valence electrons. The molecule has 0 saturated carbocycles.